The Labute approximate surface area is 187 Å². The summed E-state index contributed by atoms with van der Waals surface area (Å²) in [6.45, 7) is 1.24. The van der Waals surface area contributed by atoms with E-state index < -0.39 is 72.6 Å². The molecule has 0 saturated heterocycles. The standard InChI is InChI=1S/C18H26N6O9/c1-8(15(29)24-12(18(32)33)4-9-6-20-7-21-9)22-17(31)11(5-14(27)28)23-16(30)10(19)2-3-13(25)26/h6-8,10-12H,2-5,19H2,1H3,(H,20,21)(H,22,31)(H,23,30)(H,24,29)(H,25,26)(H,27,28)(H,32,33). The van der Waals surface area contributed by atoms with E-state index in [-0.39, 0.29) is 12.8 Å². The van der Waals surface area contributed by atoms with Crippen LogP contribution in [0.2, 0.25) is 0 Å². The van der Waals surface area contributed by atoms with E-state index in [2.05, 4.69) is 25.9 Å². The minimum Gasteiger partial charge on any atom is -0.481 e. The van der Waals surface area contributed by atoms with Gasteiger partial charge in [0.25, 0.3) is 0 Å². The Kier molecular flexibility index (Phi) is 10.4. The minimum absolute atomic E-state index is 0.104. The fraction of sp³-hybridized carbons (Fsp3) is 0.500. The summed E-state index contributed by atoms with van der Waals surface area (Å²) in [5, 5.41) is 33.5. The molecule has 0 aliphatic carbocycles. The fourth-order valence-electron chi connectivity index (χ4n) is 2.57. The van der Waals surface area contributed by atoms with Crippen molar-refractivity contribution in [2.45, 2.75) is 56.8 Å². The van der Waals surface area contributed by atoms with Gasteiger partial charge in [-0.25, -0.2) is 9.78 Å². The van der Waals surface area contributed by atoms with Crippen LogP contribution in [0.15, 0.2) is 12.5 Å². The number of carboxylic acid groups (broad SMARTS) is 3. The molecule has 4 atom stereocenters. The molecule has 15 heteroatoms. The number of nitrogens with one attached hydrogen (secondary N) is 4. The molecule has 9 N–H and O–H groups in total. The van der Waals surface area contributed by atoms with Crippen LogP contribution in [-0.4, -0.2) is 85.1 Å². The van der Waals surface area contributed by atoms with E-state index in [1.807, 2.05) is 0 Å². The summed E-state index contributed by atoms with van der Waals surface area (Å²) >= 11 is 0. The van der Waals surface area contributed by atoms with Gasteiger partial charge in [-0.1, -0.05) is 0 Å². The molecule has 0 aliphatic rings. The van der Waals surface area contributed by atoms with Gasteiger partial charge in [-0.2, -0.15) is 0 Å². The van der Waals surface area contributed by atoms with E-state index >= 15 is 0 Å². The van der Waals surface area contributed by atoms with Crippen LogP contribution < -0.4 is 21.7 Å². The maximum atomic E-state index is 12.5. The number of carbonyl (C=O) groups is 6. The topological polar surface area (TPSA) is 254 Å². The van der Waals surface area contributed by atoms with Crippen LogP contribution in [0.5, 0.6) is 0 Å². The van der Waals surface area contributed by atoms with Gasteiger partial charge in [0, 0.05) is 24.7 Å². The normalized spacial score (nSPS) is 14.2. The average Bonchev–Trinajstić information content (AvgIpc) is 3.23. The van der Waals surface area contributed by atoms with Gasteiger partial charge in [-0.3, -0.25) is 24.0 Å². The summed E-state index contributed by atoms with van der Waals surface area (Å²) in [6, 6.07) is -5.53. The molecule has 0 aliphatic heterocycles. The third-order valence-corrected chi connectivity index (χ3v) is 4.36. The lowest BCUT2D eigenvalue weighted by Crippen LogP contribution is -2.57. The molecule has 182 valence electrons. The van der Waals surface area contributed by atoms with Crippen molar-refractivity contribution in [3.63, 3.8) is 0 Å². The van der Waals surface area contributed by atoms with E-state index in [4.69, 9.17) is 15.9 Å². The molecule has 4 unspecified atom stereocenters. The molecule has 33 heavy (non-hydrogen) atoms. The average molecular weight is 470 g/mol. The minimum atomic E-state index is -1.61. The van der Waals surface area contributed by atoms with Crippen molar-refractivity contribution in [1.29, 1.82) is 0 Å². The van der Waals surface area contributed by atoms with Crippen LogP contribution in [0.3, 0.4) is 0 Å². The summed E-state index contributed by atoms with van der Waals surface area (Å²) < 4.78 is 0. The zero-order valence-corrected chi connectivity index (χ0v) is 17.6. The highest BCUT2D eigenvalue weighted by Gasteiger charge is 2.30. The van der Waals surface area contributed by atoms with Gasteiger partial charge in [0.05, 0.1) is 18.8 Å². The van der Waals surface area contributed by atoms with Crippen molar-refractivity contribution in [2.75, 3.05) is 0 Å². The number of amides is 3. The quantitative estimate of drug-likeness (QED) is 0.137. The van der Waals surface area contributed by atoms with E-state index in [1.54, 1.807) is 0 Å². The van der Waals surface area contributed by atoms with Gasteiger partial charge in [0.2, 0.25) is 17.7 Å². The number of aromatic amines is 1. The van der Waals surface area contributed by atoms with Gasteiger partial charge in [0.1, 0.15) is 18.1 Å². The van der Waals surface area contributed by atoms with E-state index in [1.165, 1.54) is 19.4 Å². The SMILES string of the molecule is CC(NC(=O)C(CC(=O)O)NC(=O)C(N)CCC(=O)O)C(=O)NC(Cc1cnc[nH]1)C(=O)O. The predicted molar refractivity (Wildman–Crippen MR) is 108 cm³/mol. The second-order valence-electron chi connectivity index (χ2n) is 7.11. The van der Waals surface area contributed by atoms with Crippen molar-refractivity contribution in [3.05, 3.63) is 18.2 Å². The maximum absolute atomic E-state index is 12.5. The number of nitrogens with zero attached hydrogens (tertiary/aromatic N) is 1. The highest BCUT2D eigenvalue weighted by Crippen LogP contribution is 2.02. The van der Waals surface area contributed by atoms with Crippen molar-refractivity contribution >= 4 is 35.6 Å². The summed E-state index contributed by atoms with van der Waals surface area (Å²) in [5.41, 5.74) is 6.00. The van der Waals surface area contributed by atoms with Gasteiger partial charge in [-0.05, 0) is 13.3 Å². The monoisotopic (exact) mass is 470 g/mol. The Bertz CT molecular complexity index is 873. The Morgan fingerprint density at radius 1 is 0.970 bits per heavy atom. The summed E-state index contributed by atoms with van der Waals surface area (Å²) in [5.74, 6) is -6.79. The molecule has 1 rings (SSSR count). The molecule has 0 radical (unpaired) electrons. The number of H-pyrrole nitrogens is 1. The van der Waals surface area contributed by atoms with Crippen molar-refractivity contribution in [2.24, 2.45) is 5.73 Å². The molecule has 0 aromatic carbocycles. The number of imidazole rings is 1. The first-order valence-corrected chi connectivity index (χ1v) is 9.71. The molecule has 3 amide bonds. The lowest BCUT2D eigenvalue weighted by atomic mass is 10.1. The van der Waals surface area contributed by atoms with Crippen LogP contribution in [0.4, 0.5) is 0 Å². The molecule has 15 nitrogen and oxygen atoms in total. The number of hydrogen-bond acceptors (Lipinski definition) is 8. The van der Waals surface area contributed by atoms with Crippen LogP contribution >= 0.6 is 0 Å². The Hall–Kier alpha value is -4.01. The Morgan fingerprint density at radius 2 is 1.61 bits per heavy atom. The first kappa shape index (κ1) is 27.0. The second-order valence-corrected chi connectivity index (χ2v) is 7.11. The first-order valence-electron chi connectivity index (χ1n) is 9.71. The number of nitrogens with two attached hydrogens (primary N) is 1. The zero-order valence-electron chi connectivity index (χ0n) is 17.6. The lowest BCUT2D eigenvalue weighted by Gasteiger charge is -2.22. The number of aromatic nitrogens is 2. The maximum Gasteiger partial charge on any atom is 0.326 e. The van der Waals surface area contributed by atoms with E-state index in [9.17, 15) is 33.9 Å². The largest absolute Gasteiger partial charge is 0.481 e. The van der Waals surface area contributed by atoms with Gasteiger partial charge < -0.3 is 42.0 Å². The molecule has 0 saturated carbocycles. The molecule has 0 fully saturated rings. The molecule has 1 heterocycles. The van der Waals surface area contributed by atoms with Crippen LogP contribution in [0.1, 0.15) is 31.9 Å². The Balaban J connectivity index is 2.75. The number of rotatable bonds is 14. The van der Waals surface area contributed by atoms with Gasteiger partial charge in [0.15, 0.2) is 0 Å². The van der Waals surface area contributed by atoms with Crippen molar-refractivity contribution in [1.82, 2.24) is 25.9 Å². The Morgan fingerprint density at radius 3 is 2.12 bits per heavy atom. The highest BCUT2D eigenvalue weighted by atomic mass is 16.4. The molecule has 1 aromatic heterocycles. The van der Waals surface area contributed by atoms with Crippen LogP contribution in [0.25, 0.3) is 0 Å². The molecular weight excluding hydrogens is 444 g/mol. The number of carboxylic acids is 3. The van der Waals surface area contributed by atoms with E-state index in [0.717, 1.165) is 0 Å². The number of carbonyl (C=O) groups excluding carboxylic acids is 3. The number of aliphatic carboxylic acids is 3. The van der Waals surface area contributed by atoms with Gasteiger partial charge in [-0.15, -0.1) is 0 Å². The molecular formula is C18H26N6O9. The molecule has 0 spiro atoms. The zero-order chi connectivity index (χ0) is 25.1. The van der Waals surface area contributed by atoms with Crippen molar-refractivity contribution in [3.8, 4) is 0 Å². The van der Waals surface area contributed by atoms with Gasteiger partial charge >= 0.3 is 17.9 Å². The fourth-order valence-corrected chi connectivity index (χ4v) is 2.57. The third-order valence-electron chi connectivity index (χ3n) is 4.36. The smallest absolute Gasteiger partial charge is 0.326 e. The summed E-state index contributed by atoms with van der Waals surface area (Å²) in [4.78, 5) is 76.4. The van der Waals surface area contributed by atoms with E-state index in [0.29, 0.717) is 5.69 Å². The predicted octanol–water partition coefficient (Wildman–Crippen LogP) is -2.82. The van der Waals surface area contributed by atoms with Crippen LogP contribution in [0, 0.1) is 0 Å². The highest BCUT2D eigenvalue weighted by molar-refractivity contribution is 5.95. The molecule has 1 aromatic rings. The summed E-state index contributed by atoms with van der Waals surface area (Å²) in [7, 11) is 0. The number of hydrogen-bond donors (Lipinski definition) is 8. The summed E-state index contributed by atoms with van der Waals surface area (Å²) in [6.07, 6.45) is 1.12. The lowest BCUT2D eigenvalue weighted by molar-refractivity contribution is -0.143. The molecule has 0 bridgehead atoms. The first-order chi connectivity index (χ1) is 15.4. The van der Waals surface area contributed by atoms with Crippen LogP contribution in [-0.2, 0) is 35.2 Å². The van der Waals surface area contributed by atoms with Crippen molar-refractivity contribution < 1.29 is 44.1 Å². The third kappa shape index (κ3) is 9.77. The second kappa shape index (κ2) is 12.7.